The lowest BCUT2D eigenvalue weighted by molar-refractivity contribution is -0.141. The standard InChI is InChI=1S/C12H13F3N4O/c1-7(2)9-10(20)16-5-6-19(9)11-17-4-3-8(18-11)12(13,14)15/h3-7,9H,1-2H3,(H,16,20)/t9-/m1/s1. The molecule has 2 heterocycles. The van der Waals surface area contributed by atoms with E-state index in [0.29, 0.717) is 0 Å². The molecular formula is C12H13F3N4O. The number of halogens is 3. The summed E-state index contributed by atoms with van der Waals surface area (Å²) in [5.74, 6) is -0.564. The number of rotatable bonds is 2. The van der Waals surface area contributed by atoms with Gasteiger partial charge in [-0.1, -0.05) is 13.8 Å². The van der Waals surface area contributed by atoms with Gasteiger partial charge in [0.25, 0.3) is 0 Å². The molecule has 0 saturated carbocycles. The maximum absolute atomic E-state index is 12.7. The van der Waals surface area contributed by atoms with Crippen molar-refractivity contribution in [3.63, 3.8) is 0 Å². The normalized spacial score (nSPS) is 19.4. The van der Waals surface area contributed by atoms with Crippen molar-refractivity contribution in [1.82, 2.24) is 15.3 Å². The summed E-state index contributed by atoms with van der Waals surface area (Å²) in [6.45, 7) is 3.59. The van der Waals surface area contributed by atoms with Gasteiger partial charge in [0.05, 0.1) is 0 Å². The first-order valence-corrected chi connectivity index (χ1v) is 5.96. The Hall–Kier alpha value is -2.12. The summed E-state index contributed by atoms with van der Waals surface area (Å²) in [6.07, 6.45) is -0.706. The van der Waals surface area contributed by atoms with Crippen molar-refractivity contribution in [2.45, 2.75) is 26.1 Å². The minimum absolute atomic E-state index is 0.113. The van der Waals surface area contributed by atoms with Gasteiger partial charge in [0.2, 0.25) is 11.9 Å². The maximum Gasteiger partial charge on any atom is 0.433 e. The fraction of sp³-hybridized carbons (Fsp3) is 0.417. The van der Waals surface area contributed by atoms with Crippen LogP contribution in [0.15, 0.2) is 24.7 Å². The smallest absolute Gasteiger partial charge is 0.329 e. The van der Waals surface area contributed by atoms with Gasteiger partial charge in [-0.05, 0) is 12.0 Å². The quantitative estimate of drug-likeness (QED) is 0.902. The number of hydrogen-bond donors (Lipinski definition) is 1. The molecule has 1 aromatic heterocycles. The minimum atomic E-state index is -4.55. The van der Waals surface area contributed by atoms with Crippen LogP contribution in [0.4, 0.5) is 19.1 Å². The molecule has 0 bridgehead atoms. The molecular weight excluding hydrogens is 273 g/mol. The number of nitrogens with one attached hydrogen (secondary N) is 1. The summed E-state index contributed by atoms with van der Waals surface area (Å²) in [4.78, 5) is 20.5. The monoisotopic (exact) mass is 286 g/mol. The summed E-state index contributed by atoms with van der Waals surface area (Å²) in [5, 5.41) is 2.52. The van der Waals surface area contributed by atoms with E-state index in [2.05, 4.69) is 15.3 Å². The first-order valence-electron chi connectivity index (χ1n) is 5.96. The van der Waals surface area contributed by atoms with Gasteiger partial charge in [-0.15, -0.1) is 0 Å². The van der Waals surface area contributed by atoms with Crippen molar-refractivity contribution >= 4 is 11.9 Å². The minimum Gasteiger partial charge on any atom is -0.329 e. The van der Waals surface area contributed by atoms with Crippen LogP contribution < -0.4 is 10.2 Å². The SMILES string of the molecule is CC(C)[C@@H]1C(=O)NC=CN1c1nccc(C(F)(F)F)n1. The van der Waals surface area contributed by atoms with Crippen LogP contribution >= 0.6 is 0 Å². The predicted octanol–water partition coefficient (Wildman–Crippen LogP) is 1.93. The first-order chi connectivity index (χ1) is 9.30. The Balaban J connectivity index is 2.41. The average molecular weight is 286 g/mol. The molecule has 0 radical (unpaired) electrons. The second-order valence-electron chi connectivity index (χ2n) is 4.66. The Morgan fingerprint density at radius 1 is 1.40 bits per heavy atom. The number of anilines is 1. The highest BCUT2D eigenvalue weighted by Crippen LogP contribution is 2.29. The highest BCUT2D eigenvalue weighted by Gasteiger charge is 2.35. The Labute approximate surface area is 113 Å². The van der Waals surface area contributed by atoms with E-state index in [1.165, 1.54) is 17.3 Å². The van der Waals surface area contributed by atoms with E-state index in [4.69, 9.17) is 0 Å². The first kappa shape index (κ1) is 14.3. The van der Waals surface area contributed by atoms with E-state index < -0.39 is 17.9 Å². The van der Waals surface area contributed by atoms with Gasteiger partial charge in [0.15, 0.2) is 0 Å². The lowest BCUT2D eigenvalue weighted by atomic mass is 10.0. The van der Waals surface area contributed by atoms with Crippen molar-refractivity contribution in [2.24, 2.45) is 5.92 Å². The second kappa shape index (κ2) is 5.10. The van der Waals surface area contributed by atoms with E-state index in [0.717, 1.165) is 12.3 Å². The summed E-state index contributed by atoms with van der Waals surface area (Å²) in [5.41, 5.74) is -1.04. The fourth-order valence-corrected chi connectivity index (χ4v) is 1.95. The van der Waals surface area contributed by atoms with E-state index in [1.54, 1.807) is 13.8 Å². The number of aromatic nitrogens is 2. The Morgan fingerprint density at radius 2 is 2.10 bits per heavy atom. The zero-order valence-electron chi connectivity index (χ0n) is 10.8. The van der Waals surface area contributed by atoms with E-state index >= 15 is 0 Å². The van der Waals surface area contributed by atoms with E-state index in [-0.39, 0.29) is 17.8 Å². The average Bonchev–Trinajstić information content (AvgIpc) is 2.37. The number of carbonyl (C=O) groups is 1. The molecule has 2 rings (SSSR count). The molecule has 5 nitrogen and oxygen atoms in total. The predicted molar refractivity (Wildman–Crippen MR) is 65.4 cm³/mol. The van der Waals surface area contributed by atoms with Gasteiger partial charge in [-0.3, -0.25) is 4.79 Å². The van der Waals surface area contributed by atoms with Crippen molar-refractivity contribution in [1.29, 1.82) is 0 Å². The van der Waals surface area contributed by atoms with Crippen LogP contribution in [0.25, 0.3) is 0 Å². The van der Waals surface area contributed by atoms with Crippen LogP contribution in [-0.4, -0.2) is 21.9 Å². The Morgan fingerprint density at radius 3 is 2.70 bits per heavy atom. The molecule has 1 aromatic rings. The summed E-state index contributed by atoms with van der Waals surface area (Å²) in [7, 11) is 0. The molecule has 1 aliphatic rings. The summed E-state index contributed by atoms with van der Waals surface area (Å²) < 4.78 is 38.0. The van der Waals surface area contributed by atoms with Gasteiger partial charge >= 0.3 is 6.18 Å². The summed E-state index contributed by atoms with van der Waals surface area (Å²) >= 11 is 0. The van der Waals surface area contributed by atoms with Crippen LogP contribution in [0.5, 0.6) is 0 Å². The lowest BCUT2D eigenvalue weighted by Gasteiger charge is -2.33. The molecule has 0 aromatic carbocycles. The largest absolute Gasteiger partial charge is 0.433 e. The van der Waals surface area contributed by atoms with Gasteiger partial charge in [0, 0.05) is 18.6 Å². The van der Waals surface area contributed by atoms with Crippen LogP contribution in [-0.2, 0) is 11.0 Å². The highest BCUT2D eigenvalue weighted by molar-refractivity contribution is 5.87. The number of carbonyl (C=O) groups excluding carboxylic acids is 1. The van der Waals surface area contributed by atoms with Gasteiger partial charge in [-0.2, -0.15) is 13.2 Å². The van der Waals surface area contributed by atoms with Gasteiger partial charge in [-0.25, -0.2) is 9.97 Å². The highest BCUT2D eigenvalue weighted by atomic mass is 19.4. The van der Waals surface area contributed by atoms with Crippen molar-refractivity contribution in [2.75, 3.05) is 4.90 Å². The van der Waals surface area contributed by atoms with Crippen molar-refractivity contribution in [3.8, 4) is 0 Å². The molecule has 108 valence electrons. The Kier molecular flexibility index (Phi) is 3.65. The fourth-order valence-electron chi connectivity index (χ4n) is 1.95. The number of amides is 1. The molecule has 20 heavy (non-hydrogen) atoms. The Bertz CT molecular complexity index is 542. The van der Waals surface area contributed by atoms with Crippen LogP contribution in [0.3, 0.4) is 0 Å². The third kappa shape index (κ3) is 2.73. The van der Waals surface area contributed by atoms with Gasteiger partial charge in [0.1, 0.15) is 11.7 Å². The lowest BCUT2D eigenvalue weighted by Crippen LogP contribution is -2.50. The van der Waals surface area contributed by atoms with Crippen LogP contribution in [0, 0.1) is 5.92 Å². The molecule has 0 spiro atoms. The van der Waals surface area contributed by atoms with Crippen LogP contribution in [0.1, 0.15) is 19.5 Å². The van der Waals surface area contributed by atoms with E-state index in [1.807, 2.05) is 0 Å². The number of hydrogen-bond acceptors (Lipinski definition) is 4. The molecule has 0 unspecified atom stereocenters. The molecule has 8 heteroatoms. The van der Waals surface area contributed by atoms with Gasteiger partial charge < -0.3 is 10.2 Å². The molecule has 1 aliphatic heterocycles. The zero-order chi connectivity index (χ0) is 14.9. The van der Waals surface area contributed by atoms with E-state index in [9.17, 15) is 18.0 Å². The van der Waals surface area contributed by atoms with Crippen LogP contribution in [0.2, 0.25) is 0 Å². The number of nitrogens with zero attached hydrogens (tertiary/aromatic N) is 3. The van der Waals surface area contributed by atoms with Crippen molar-refractivity contribution < 1.29 is 18.0 Å². The second-order valence-corrected chi connectivity index (χ2v) is 4.66. The third-order valence-corrected chi connectivity index (χ3v) is 2.82. The molecule has 0 saturated heterocycles. The topological polar surface area (TPSA) is 58.1 Å². The molecule has 1 amide bonds. The molecule has 0 aliphatic carbocycles. The zero-order valence-corrected chi connectivity index (χ0v) is 10.8. The summed E-state index contributed by atoms with van der Waals surface area (Å²) in [6, 6.07) is 0.144. The maximum atomic E-state index is 12.7. The molecule has 1 N–H and O–H groups in total. The third-order valence-electron chi connectivity index (χ3n) is 2.82. The number of alkyl halides is 3. The van der Waals surface area contributed by atoms with Crippen molar-refractivity contribution in [3.05, 3.63) is 30.4 Å². The molecule has 1 atom stereocenters. The molecule has 0 fully saturated rings.